The third-order valence-corrected chi connectivity index (χ3v) is 8.04. The number of aryl methyl sites for hydroxylation is 1. The van der Waals surface area contributed by atoms with Gasteiger partial charge in [0.2, 0.25) is 5.91 Å². The summed E-state index contributed by atoms with van der Waals surface area (Å²) in [4.78, 5) is 42.7. The normalized spacial score (nSPS) is 23.8. The number of amides is 3. The van der Waals surface area contributed by atoms with E-state index in [-0.39, 0.29) is 48.2 Å². The Bertz CT molecular complexity index is 982. The molecule has 3 amide bonds. The Kier molecular flexibility index (Phi) is 5.67. The molecule has 1 aromatic rings. The molecule has 0 radical (unpaired) electrons. The van der Waals surface area contributed by atoms with Crippen LogP contribution in [0, 0.1) is 6.92 Å². The van der Waals surface area contributed by atoms with E-state index in [2.05, 4.69) is 4.90 Å². The topological polar surface area (TPSA) is 95.1 Å². The number of fused-ring (bicyclic) bond motifs is 1. The molecule has 1 unspecified atom stereocenters. The van der Waals surface area contributed by atoms with E-state index in [0.717, 1.165) is 5.56 Å². The number of rotatable bonds is 5. The van der Waals surface area contributed by atoms with E-state index in [1.54, 1.807) is 17.0 Å². The molecule has 0 N–H and O–H groups in total. The first-order chi connectivity index (χ1) is 14.2. The van der Waals surface area contributed by atoms with Gasteiger partial charge in [0, 0.05) is 45.2 Å². The van der Waals surface area contributed by atoms with Gasteiger partial charge < -0.3 is 4.90 Å². The third-order valence-electron chi connectivity index (χ3n) is 6.29. The van der Waals surface area contributed by atoms with Gasteiger partial charge in [-0.2, -0.15) is 0 Å². The highest BCUT2D eigenvalue weighted by atomic mass is 32.2. The summed E-state index contributed by atoms with van der Waals surface area (Å²) in [5, 5.41) is 0. The van der Waals surface area contributed by atoms with E-state index in [4.69, 9.17) is 0 Å². The van der Waals surface area contributed by atoms with Crippen molar-refractivity contribution in [3.8, 4) is 0 Å². The average Bonchev–Trinajstić information content (AvgIpc) is 3.19. The molecule has 2 saturated heterocycles. The molecule has 2 fully saturated rings. The number of sulfone groups is 1. The first kappa shape index (κ1) is 21.0. The number of piperazine rings is 1. The molecule has 0 bridgehead atoms. The molecule has 8 nitrogen and oxygen atoms in total. The fourth-order valence-corrected chi connectivity index (χ4v) is 6.32. The van der Waals surface area contributed by atoms with Crippen molar-refractivity contribution >= 4 is 27.6 Å². The lowest BCUT2D eigenvalue weighted by atomic mass is 10.1. The summed E-state index contributed by atoms with van der Waals surface area (Å²) in [5.41, 5.74) is 1.81. The van der Waals surface area contributed by atoms with Crippen LogP contribution in [-0.2, 0) is 14.6 Å². The average molecular weight is 434 g/mol. The van der Waals surface area contributed by atoms with E-state index >= 15 is 0 Å². The predicted molar refractivity (Wildman–Crippen MR) is 111 cm³/mol. The van der Waals surface area contributed by atoms with Crippen LogP contribution in [0.4, 0.5) is 0 Å². The van der Waals surface area contributed by atoms with Gasteiger partial charge in [0.05, 0.1) is 22.6 Å². The highest BCUT2D eigenvalue weighted by Crippen LogP contribution is 2.24. The number of imide groups is 1. The third kappa shape index (κ3) is 4.13. The molecule has 162 valence electrons. The van der Waals surface area contributed by atoms with E-state index in [9.17, 15) is 22.8 Å². The molecule has 3 heterocycles. The number of hydrogen-bond acceptors (Lipinski definition) is 6. The molecule has 1 aromatic carbocycles. The van der Waals surface area contributed by atoms with Crippen LogP contribution in [0.15, 0.2) is 18.2 Å². The molecule has 30 heavy (non-hydrogen) atoms. The molecule has 9 heteroatoms. The lowest BCUT2D eigenvalue weighted by Crippen LogP contribution is -2.52. The number of benzene rings is 1. The maximum atomic E-state index is 12.6. The lowest BCUT2D eigenvalue weighted by molar-refractivity contribution is -0.133. The Labute approximate surface area is 176 Å². The smallest absolute Gasteiger partial charge is 0.261 e. The van der Waals surface area contributed by atoms with Crippen LogP contribution in [0.25, 0.3) is 0 Å². The zero-order chi connectivity index (χ0) is 21.5. The van der Waals surface area contributed by atoms with Gasteiger partial charge in [-0.05, 0) is 31.9 Å². The maximum Gasteiger partial charge on any atom is 0.261 e. The van der Waals surface area contributed by atoms with Crippen molar-refractivity contribution in [2.75, 3.05) is 44.2 Å². The van der Waals surface area contributed by atoms with Gasteiger partial charge in [-0.15, -0.1) is 0 Å². The quantitative estimate of drug-likeness (QED) is 0.635. The summed E-state index contributed by atoms with van der Waals surface area (Å²) in [7, 11) is -2.91. The fourth-order valence-electron chi connectivity index (χ4n) is 4.55. The molecule has 3 aliphatic rings. The van der Waals surface area contributed by atoms with E-state index in [1.807, 2.05) is 13.0 Å². The Morgan fingerprint density at radius 2 is 1.77 bits per heavy atom. The molecule has 3 aliphatic heterocycles. The van der Waals surface area contributed by atoms with Crippen molar-refractivity contribution < 1.29 is 22.8 Å². The zero-order valence-corrected chi connectivity index (χ0v) is 18.0. The van der Waals surface area contributed by atoms with Crippen molar-refractivity contribution in [1.82, 2.24) is 14.7 Å². The van der Waals surface area contributed by atoms with Crippen molar-refractivity contribution in [3.05, 3.63) is 34.9 Å². The summed E-state index contributed by atoms with van der Waals surface area (Å²) in [6, 6.07) is 5.31. The molecule has 0 spiro atoms. The van der Waals surface area contributed by atoms with Crippen LogP contribution in [0.3, 0.4) is 0 Å². The molecule has 4 rings (SSSR count). The second-order valence-corrected chi connectivity index (χ2v) is 10.6. The van der Waals surface area contributed by atoms with Crippen LogP contribution in [0.1, 0.15) is 45.5 Å². The van der Waals surface area contributed by atoms with Gasteiger partial charge in [0.15, 0.2) is 9.84 Å². The van der Waals surface area contributed by atoms with Crippen LogP contribution in [0.2, 0.25) is 0 Å². The second-order valence-electron chi connectivity index (χ2n) is 8.39. The predicted octanol–water partition coefficient (Wildman–Crippen LogP) is 0.703. The Hall–Kier alpha value is -2.26. The van der Waals surface area contributed by atoms with Crippen molar-refractivity contribution in [2.45, 2.75) is 32.2 Å². The number of carbonyl (C=O) groups is 3. The second kappa shape index (κ2) is 8.11. The van der Waals surface area contributed by atoms with Gasteiger partial charge in [-0.25, -0.2) is 8.42 Å². The summed E-state index contributed by atoms with van der Waals surface area (Å²) < 4.78 is 23.4. The summed E-state index contributed by atoms with van der Waals surface area (Å²) in [6.07, 6.45) is 1.39. The monoisotopic (exact) mass is 433 g/mol. The van der Waals surface area contributed by atoms with E-state index in [1.165, 1.54) is 4.90 Å². The minimum absolute atomic E-state index is 0.0150. The van der Waals surface area contributed by atoms with Crippen LogP contribution < -0.4 is 0 Å². The van der Waals surface area contributed by atoms with Crippen molar-refractivity contribution in [3.63, 3.8) is 0 Å². The molecule has 1 atom stereocenters. The molecule has 0 aromatic heterocycles. The van der Waals surface area contributed by atoms with Crippen molar-refractivity contribution in [2.24, 2.45) is 0 Å². The first-order valence-corrected chi connectivity index (χ1v) is 12.3. The minimum Gasteiger partial charge on any atom is -0.340 e. The number of nitrogens with zero attached hydrogens (tertiary/aromatic N) is 3. The zero-order valence-electron chi connectivity index (χ0n) is 17.2. The van der Waals surface area contributed by atoms with Gasteiger partial charge in [-0.1, -0.05) is 11.6 Å². The SMILES string of the molecule is Cc1ccc2c(c1)C(=O)N(CCCC(=O)N1CCN(C3CCS(=O)(=O)C3)CC1)C2=O. The first-order valence-electron chi connectivity index (χ1n) is 10.4. The van der Waals surface area contributed by atoms with Gasteiger partial charge in [0.1, 0.15) is 0 Å². The molecular weight excluding hydrogens is 406 g/mol. The minimum atomic E-state index is -2.91. The summed E-state index contributed by atoms with van der Waals surface area (Å²) >= 11 is 0. The molecular formula is C21H27N3O5S. The number of hydrogen-bond donors (Lipinski definition) is 0. The van der Waals surface area contributed by atoms with Crippen LogP contribution in [-0.4, -0.2) is 91.1 Å². The molecule has 0 saturated carbocycles. The van der Waals surface area contributed by atoms with Gasteiger partial charge in [-0.3, -0.25) is 24.2 Å². The Morgan fingerprint density at radius 3 is 2.43 bits per heavy atom. The Balaban J connectivity index is 1.23. The van der Waals surface area contributed by atoms with Crippen molar-refractivity contribution in [1.29, 1.82) is 0 Å². The van der Waals surface area contributed by atoms with Gasteiger partial charge in [0.25, 0.3) is 11.8 Å². The van der Waals surface area contributed by atoms with Crippen LogP contribution >= 0.6 is 0 Å². The number of carbonyl (C=O) groups excluding carboxylic acids is 3. The van der Waals surface area contributed by atoms with Crippen LogP contribution in [0.5, 0.6) is 0 Å². The summed E-state index contributed by atoms with van der Waals surface area (Å²) in [5.74, 6) is -0.0791. The summed E-state index contributed by atoms with van der Waals surface area (Å²) in [6.45, 7) is 4.65. The largest absolute Gasteiger partial charge is 0.340 e. The standard InChI is InChI=1S/C21H27N3O5S/c1-15-4-5-17-18(13-15)21(27)24(20(17)26)7-2-3-19(25)23-10-8-22(9-11-23)16-6-12-30(28,29)14-16/h4-5,13,16H,2-3,6-12,14H2,1H3. The highest BCUT2D eigenvalue weighted by molar-refractivity contribution is 7.91. The fraction of sp³-hybridized carbons (Fsp3) is 0.571. The highest BCUT2D eigenvalue weighted by Gasteiger charge is 2.36. The van der Waals surface area contributed by atoms with E-state index in [0.29, 0.717) is 50.1 Å². The maximum absolute atomic E-state index is 12.6. The lowest BCUT2D eigenvalue weighted by Gasteiger charge is -2.37. The molecule has 0 aliphatic carbocycles. The van der Waals surface area contributed by atoms with Gasteiger partial charge >= 0.3 is 0 Å². The van der Waals surface area contributed by atoms with E-state index < -0.39 is 9.84 Å². The Morgan fingerprint density at radius 1 is 1.07 bits per heavy atom.